The minimum atomic E-state index is -0.678. The molecule has 1 fully saturated rings. The van der Waals surface area contributed by atoms with Crippen molar-refractivity contribution in [3.05, 3.63) is 60.6 Å². The normalized spacial score (nSPS) is 16.1. The molecule has 0 spiro atoms. The third-order valence-electron chi connectivity index (χ3n) is 6.42. The van der Waals surface area contributed by atoms with E-state index in [0.29, 0.717) is 47.2 Å². The summed E-state index contributed by atoms with van der Waals surface area (Å²) in [5.41, 5.74) is -0.280. The number of hydrogen-bond acceptors (Lipinski definition) is 7. The standard InChI is InChI=1S/C28H26F2N6O2/c1-28(2,3)38-27(37)36-11-10-35(15-19(36)8-9-31)26-22-14-32-24(23(30)25(22)33-16-34-26)21-13-18(29)12-17-6-4-5-7-20(17)21/h4-7,12-14,16,19H,8,10-11,15H2,1-3H3/t19-/m0/s1. The Morgan fingerprint density at radius 3 is 2.68 bits per heavy atom. The van der Waals surface area contributed by atoms with Crippen LogP contribution in [0.15, 0.2) is 48.9 Å². The topological polar surface area (TPSA) is 95.2 Å². The molecule has 5 rings (SSSR count). The Labute approximate surface area is 218 Å². The third-order valence-corrected chi connectivity index (χ3v) is 6.42. The second-order valence-electron chi connectivity index (χ2n) is 10.2. The summed E-state index contributed by atoms with van der Waals surface area (Å²) in [5, 5.41) is 11.1. The highest BCUT2D eigenvalue weighted by Gasteiger charge is 2.34. The number of carbonyl (C=O) groups is 1. The van der Waals surface area contributed by atoms with Crippen LogP contribution in [0.2, 0.25) is 0 Å². The Morgan fingerprint density at radius 1 is 1.13 bits per heavy atom. The van der Waals surface area contributed by atoms with Crippen molar-refractivity contribution in [2.45, 2.75) is 38.8 Å². The van der Waals surface area contributed by atoms with Crippen LogP contribution in [-0.2, 0) is 4.74 Å². The molecule has 194 valence electrons. The summed E-state index contributed by atoms with van der Waals surface area (Å²) in [7, 11) is 0. The molecule has 2 aromatic carbocycles. The molecule has 0 aliphatic carbocycles. The van der Waals surface area contributed by atoms with E-state index >= 15 is 4.39 Å². The summed E-state index contributed by atoms with van der Waals surface area (Å²) < 4.78 is 35.8. The number of benzene rings is 2. The Balaban J connectivity index is 1.51. The highest BCUT2D eigenvalue weighted by Crippen LogP contribution is 2.34. The van der Waals surface area contributed by atoms with Gasteiger partial charge >= 0.3 is 6.09 Å². The lowest BCUT2D eigenvalue weighted by Gasteiger charge is -2.41. The van der Waals surface area contributed by atoms with Crippen LogP contribution in [0, 0.1) is 23.0 Å². The number of nitrogens with zero attached hydrogens (tertiary/aromatic N) is 6. The molecule has 10 heteroatoms. The monoisotopic (exact) mass is 516 g/mol. The summed E-state index contributed by atoms with van der Waals surface area (Å²) in [6.45, 7) is 6.36. The number of nitriles is 1. The number of fused-ring (bicyclic) bond motifs is 2. The van der Waals surface area contributed by atoms with Gasteiger partial charge in [-0.2, -0.15) is 5.26 Å². The number of amides is 1. The molecule has 0 radical (unpaired) electrons. The maximum Gasteiger partial charge on any atom is 0.410 e. The lowest BCUT2D eigenvalue weighted by molar-refractivity contribution is 0.0145. The smallest absolute Gasteiger partial charge is 0.410 e. The summed E-state index contributed by atoms with van der Waals surface area (Å²) in [6.07, 6.45) is 2.38. The molecule has 3 heterocycles. The van der Waals surface area contributed by atoms with E-state index in [1.807, 2.05) is 4.90 Å². The molecule has 1 saturated heterocycles. The highest BCUT2D eigenvalue weighted by molar-refractivity contribution is 5.99. The first kappa shape index (κ1) is 25.3. The maximum atomic E-state index is 15.9. The van der Waals surface area contributed by atoms with Gasteiger partial charge < -0.3 is 14.5 Å². The first-order chi connectivity index (χ1) is 18.2. The third kappa shape index (κ3) is 4.79. The average Bonchev–Trinajstić information content (AvgIpc) is 2.87. The van der Waals surface area contributed by atoms with E-state index in [9.17, 15) is 14.4 Å². The van der Waals surface area contributed by atoms with Crippen molar-refractivity contribution in [1.82, 2.24) is 19.9 Å². The van der Waals surface area contributed by atoms with Crippen molar-refractivity contribution >= 4 is 33.6 Å². The second kappa shape index (κ2) is 9.82. The lowest BCUT2D eigenvalue weighted by Crippen LogP contribution is -2.56. The molecular weight excluding hydrogens is 490 g/mol. The van der Waals surface area contributed by atoms with Gasteiger partial charge in [0.1, 0.15) is 34.8 Å². The van der Waals surface area contributed by atoms with Crippen LogP contribution in [0.5, 0.6) is 0 Å². The van der Waals surface area contributed by atoms with Crippen molar-refractivity contribution in [3.8, 4) is 17.3 Å². The molecule has 0 saturated carbocycles. The Kier molecular flexibility index (Phi) is 6.53. The maximum absolute atomic E-state index is 15.9. The summed E-state index contributed by atoms with van der Waals surface area (Å²) >= 11 is 0. The first-order valence-electron chi connectivity index (χ1n) is 12.3. The van der Waals surface area contributed by atoms with Crippen molar-refractivity contribution in [2.75, 3.05) is 24.5 Å². The summed E-state index contributed by atoms with van der Waals surface area (Å²) in [4.78, 5) is 29.2. The van der Waals surface area contributed by atoms with Crippen molar-refractivity contribution in [3.63, 3.8) is 0 Å². The van der Waals surface area contributed by atoms with E-state index in [1.165, 1.54) is 24.7 Å². The molecule has 1 amide bonds. The first-order valence-corrected chi connectivity index (χ1v) is 12.3. The summed E-state index contributed by atoms with van der Waals surface area (Å²) in [6, 6.07) is 11.5. The average molecular weight is 517 g/mol. The molecule has 1 atom stereocenters. The quantitative estimate of drug-likeness (QED) is 0.357. The van der Waals surface area contributed by atoms with E-state index in [0.717, 1.165) is 0 Å². The zero-order valence-corrected chi connectivity index (χ0v) is 21.3. The van der Waals surface area contributed by atoms with Crippen LogP contribution >= 0.6 is 0 Å². The molecule has 4 aromatic rings. The predicted octanol–water partition coefficient (Wildman–Crippen LogP) is 5.46. The molecule has 1 aliphatic heterocycles. The van der Waals surface area contributed by atoms with E-state index in [1.54, 1.807) is 49.9 Å². The number of anilines is 1. The number of hydrogen-bond donors (Lipinski definition) is 0. The SMILES string of the molecule is CC(C)(C)OC(=O)N1CCN(c2ncnc3c(F)c(-c4cc(F)cc5ccccc45)ncc23)C[C@@H]1CC#N. The fourth-order valence-electron chi connectivity index (χ4n) is 4.78. The molecule has 8 nitrogen and oxygen atoms in total. The number of pyridine rings is 1. The van der Waals surface area contributed by atoms with Gasteiger partial charge in [0.25, 0.3) is 0 Å². The summed E-state index contributed by atoms with van der Waals surface area (Å²) in [5.74, 6) is -0.721. The van der Waals surface area contributed by atoms with Gasteiger partial charge in [0.15, 0.2) is 5.82 Å². The van der Waals surface area contributed by atoms with Gasteiger partial charge in [-0.15, -0.1) is 0 Å². The van der Waals surface area contributed by atoms with E-state index in [2.05, 4.69) is 21.0 Å². The van der Waals surface area contributed by atoms with Crippen molar-refractivity contribution in [2.24, 2.45) is 0 Å². The number of rotatable bonds is 3. The minimum absolute atomic E-state index is 0.00467. The number of halogens is 2. The number of carbonyl (C=O) groups excluding carboxylic acids is 1. The fourth-order valence-corrected chi connectivity index (χ4v) is 4.78. The molecule has 0 N–H and O–H groups in total. The van der Waals surface area contributed by atoms with Crippen LogP contribution < -0.4 is 4.90 Å². The van der Waals surface area contributed by atoms with E-state index in [-0.39, 0.29) is 17.6 Å². The number of ether oxygens (including phenoxy) is 1. The van der Waals surface area contributed by atoms with Gasteiger partial charge in [0.05, 0.1) is 23.9 Å². The largest absolute Gasteiger partial charge is 0.444 e. The van der Waals surface area contributed by atoms with E-state index < -0.39 is 29.4 Å². The molecule has 0 unspecified atom stereocenters. The zero-order valence-electron chi connectivity index (χ0n) is 21.3. The highest BCUT2D eigenvalue weighted by atomic mass is 19.1. The molecule has 1 aliphatic rings. The molecular formula is C28H26F2N6O2. The fraction of sp³-hybridized carbons (Fsp3) is 0.321. The molecule has 38 heavy (non-hydrogen) atoms. The Bertz CT molecular complexity index is 1580. The predicted molar refractivity (Wildman–Crippen MR) is 139 cm³/mol. The zero-order chi connectivity index (χ0) is 27.0. The number of piperazine rings is 1. The van der Waals surface area contributed by atoms with Gasteiger partial charge in [-0.05, 0) is 43.7 Å². The van der Waals surface area contributed by atoms with E-state index in [4.69, 9.17) is 4.74 Å². The van der Waals surface area contributed by atoms with Gasteiger partial charge in [0, 0.05) is 31.4 Å². The minimum Gasteiger partial charge on any atom is -0.444 e. The van der Waals surface area contributed by atoms with Crippen LogP contribution in [0.3, 0.4) is 0 Å². The Hall–Kier alpha value is -4.39. The van der Waals surface area contributed by atoms with Gasteiger partial charge in [-0.3, -0.25) is 4.98 Å². The Morgan fingerprint density at radius 2 is 1.92 bits per heavy atom. The second-order valence-corrected chi connectivity index (χ2v) is 10.2. The van der Waals surface area contributed by atoms with Gasteiger partial charge in [-0.25, -0.2) is 23.5 Å². The van der Waals surface area contributed by atoms with Crippen LogP contribution in [0.4, 0.5) is 19.4 Å². The molecule has 2 aromatic heterocycles. The molecule has 0 bridgehead atoms. The van der Waals surface area contributed by atoms with Gasteiger partial charge in [-0.1, -0.05) is 24.3 Å². The van der Waals surface area contributed by atoms with Crippen LogP contribution in [0.25, 0.3) is 32.9 Å². The van der Waals surface area contributed by atoms with Crippen LogP contribution in [0.1, 0.15) is 27.2 Å². The van der Waals surface area contributed by atoms with Gasteiger partial charge in [0.2, 0.25) is 0 Å². The van der Waals surface area contributed by atoms with Crippen molar-refractivity contribution < 1.29 is 18.3 Å². The number of aromatic nitrogens is 3. The van der Waals surface area contributed by atoms with Crippen LogP contribution in [-0.4, -0.2) is 57.2 Å². The lowest BCUT2D eigenvalue weighted by atomic mass is 10.0. The van der Waals surface area contributed by atoms with Crippen molar-refractivity contribution in [1.29, 1.82) is 5.26 Å².